The lowest BCUT2D eigenvalue weighted by Crippen LogP contribution is -2.64. The Morgan fingerprint density at radius 2 is 1.76 bits per heavy atom. The Morgan fingerprint density at radius 1 is 1.11 bits per heavy atom. The number of ketones is 2. The maximum absolute atomic E-state index is 14.5. The summed E-state index contributed by atoms with van der Waals surface area (Å²) in [7, 11) is 0. The summed E-state index contributed by atoms with van der Waals surface area (Å²) in [5, 5.41) is 75.0. The Labute approximate surface area is 270 Å². The van der Waals surface area contributed by atoms with Gasteiger partial charge in [-0.05, 0) is 74.9 Å². The number of rotatable bonds is 7. The number of hydrogen-bond acceptors (Lipinski definition) is 11. The van der Waals surface area contributed by atoms with Gasteiger partial charge in [0.05, 0.1) is 24.4 Å². The van der Waals surface area contributed by atoms with Crippen LogP contribution in [0.1, 0.15) is 80.6 Å². The highest BCUT2D eigenvalue weighted by Gasteiger charge is 2.74. The van der Waals surface area contributed by atoms with Crippen LogP contribution in [-0.2, 0) is 19.1 Å². The quantitative estimate of drug-likeness (QED) is 0.198. The molecule has 5 aliphatic rings. The lowest BCUT2D eigenvalue weighted by atomic mass is 9.39. The van der Waals surface area contributed by atoms with Gasteiger partial charge < -0.3 is 45.2 Å². The van der Waals surface area contributed by atoms with Crippen LogP contribution >= 0.6 is 0 Å². The van der Waals surface area contributed by atoms with Gasteiger partial charge in [-0.2, -0.15) is 0 Å². The van der Waals surface area contributed by atoms with Crippen molar-refractivity contribution in [2.45, 2.75) is 129 Å². The van der Waals surface area contributed by atoms with Crippen LogP contribution in [0.2, 0.25) is 0 Å². The number of ether oxygens (including phenoxy) is 2. The third-order valence-corrected chi connectivity index (χ3v) is 12.9. The molecule has 0 aromatic heterocycles. The number of fused-ring (bicyclic) bond motifs is 5. The van der Waals surface area contributed by atoms with Crippen molar-refractivity contribution in [3.63, 3.8) is 0 Å². The molecule has 4 aliphatic carbocycles. The maximum atomic E-state index is 14.5. The van der Waals surface area contributed by atoms with Crippen LogP contribution in [0.3, 0.4) is 0 Å². The average Bonchev–Trinajstić information content (AvgIpc) is 3.18. The molecule has 14 atom stereocenters. The molecule has 0 amide bonds. The molecule has 0 aromatic rings. The maximum Gasteiger partial charge on any atom is 0.229 e. The van der Waals surface area contributed by atoms with Crippen LogP contribution in [0.25, 0.3) is 0 Å². The highest BCUT2D eigenvalue weighted by Crippen LogP contribution is 2.73. The minimum Gasteiger partial charge on any atom is -0.458 e. The van der Waals surface area contributed by atoms with Crippen LogP contribution in [0.5, 0.6) is 0 Å². The van der Waals surface area contributed by atoms with E-state index in [4.69, 9.17) is 9.47 Å². The van der Waals surface area contributed by atoms with Crippen LogP contribution < -0.4 is 0 Å². The predicted molar refractivity (Wildman–Crippen MR) is 166 cm³/mol. The summed E-state index contributed by atoms with van der Waals surface area (Å²) >= 11 is 0. The Morgan fingerprint density at radius 3 is 2.37 bits per heavy atom. The van der Waals surface area contributed by atoms with E-state index in [1.54, 1.807) is 13.8 Å². The molecule has 7 N–H and O–H groups in total. The number of Topliss-reactive ketones (excluding diaryl/α,β-unsaturated/α-hetero) is 2. The van der Waals surface area contributed by atoms with Crippen LogP contribution in [0, 0.1) is 34.0 Å². The number of carbonyl (C=O) groups excluding carboxylic acids is 2. The van der Waals surface area contributed by atoms with Gasteiger partial charge in [-0.1, -0.05) is 38.5 Å². The molecule has 3 fully saturated rings. The van der Waals surface area contributed by atoms with Crippen molar-refractivity contribution in [3.05, 3.63) is 34.6 Å². The van der Waals surface area contributed by atoms with Crippen molar-refractivity contribution in [2.24, 2.45) is 34.0 Å². The zero-order chi connectivity index (χ0) is 34.3. The van der Waals surface area contributed by atoms with Gasteiger partial charge in [0, 0.05) is 30.1 Å². The van der Waals surface area contributed by atoms with Gasteiger partial charge in [-0.15, -0.1) is 0 Å². The number of aliphatic hydroxyl groups excluding tert-OH is 6. The summed E-state index contributed by atoms with van der Waals surface area (Å²) in [6.45, 7) is 12.4. The van der Waals surface area contributed by atoms with E-state index < -0.39 is 89.0 Å². The minimum atomic E-state index is -1.68. The summed E-state index contributed by atoms with van der Waals surface area (Å²) in [5.74, 6) is -2.03. The van der Waals surface area contributed by atoms with E-state index in [0.29, 0.717) is 18.4 Å². The van der Waals surface area contributed by atoms with Gasteiger partial charge in [0.2, 0.25) is 6.29 Å². The van der Waals surface area contributed by atoms with E-state index in [1.165, 1.54) is 0 Å². The second-order valence-corrected chi connectivity index (χ2v) is 15.6. The van der Waals surface area contributed by atoms with Crippen molar-refractivity contribution >= 4 is 11.6 Å². The first-order valence-corrected chi connectivity index (χ1v) is 16.4. The van der Waals surface area contributed by atoms with Crippen molar-refractivity contribution in [3.8, 4) is 0 Å². The molecule has 2 saturated carbocycles. The molecule has 1 saturated heterocycles. The van der Waals surface area contributed by atoms with Gasteiger partial charge in [0.25, 0.3) is 0 Å². The van der Waals surface area contributed by atoms with Crippen molar-refractivity contribution in [1.29, 1.82) is 0 Å². The second-order valence-electron chi connectivity index (χ2n) is 15.6. The molecule has 0 spiro atoms. The van der Waals surface area contributed by atoms with Gasteiger partial charge in [0.15, 0.2) is 11.5 Å². The van der Waals surface area contributed by atoms with E-state index in [1.807, 2.05) is 39.8 Å². The predicted octanol–water partition coefficient (Wildman–Crippen LogP) is 1.45. The molecule has 1 unspecified atom stereocenters. The van der Waals surface area contributed by atoms with Gasteiger partial charge in [-0.25, -0.2) is 0 Å². The summed E-state index contributed by atoms with van der Waals surface area (Å²) < 4.78 is 11.3. The fraction of sp³-hybridized carbons (Fsp3) is 0.771. The van der Waals surface area contributed by atoms with Crippen LogP contribution in [0.4, 0.5) is 0 Å². The molecule has 11 nitrogen and oxygen atoms in total. The Kier molecular flexibility index (Phi) is 9.12. The zero-order valence-electron chi connectivity index (χ0n) is 27.9. The van der Waals surface area contributed by atoms with E-state index in [9.17, 15) is 45.3 Å². The second kappa shape index (κ2) is 11.9. The summed E-state index contributed by atoms with van der Waals surface area (Å²) in [4.78, 5) is 28.2. The normalized spacial score (nSPS) is 46.0. The first-order chi connectivity index (χ1) is 21.3. The molecular weight excluding hydrogens is 596 g/mol. The number of carbonyl (C=O) groups is 2. The monoisotopic (exact) mass is 648 g/mol. The molecule has 0 bridgehead atoms. The Hall–Kier alpha value is -1.96. The average molecular weight is 649 g/mol. The molecule has 258 valence electrons. The fourth-order valence-corrected chi connectivity index (χ4v) is 10.1. The number of allylic oxidation sites excluding steroid dienone is 5. The first kappa shape index (κ1) is 35.3. The highest BCUT2D eigenvalue weighted by atomic mass is 16.7. The highest BCUT2D eigenvalue weighted by molar-refractivity contribution is 5.99. The third kappa shape index (κ3) is 5.00. The fourth-order valence-electron chi connectivity index (χ4n) is 10.1. The number of aliphatic hydroxyl groups is 7. The number of hydrogen-bond donors (Lipinski definition) is 7. The molecular formula is C35H52O11. The lowest BCUT2D eigenvalue weighted by Gasteiger charge is -2.63. The molecule has 0 radical (unpaired) electrons. The SMILES string of the molecule is CC(C)=CCC(O)[C@](C)(O)[C@H]1[C@H](O)C[C@@]2(C)[C@@H]3CC=C4C(C)=C(O[C@@H]5O[C@H](CO)[C@@H](O)[C@H](O)[C@H]5O)C(=O)C[C@H]4[C@]3(C)C(=O)C[C@]12C. The van der Waals surface area contributed by atoms with Gasteiger partial charge in [-0.3, -0.25) is 9.59 Å². The van der Waals surface area contributed by atoms with E-state index in [2.05, 4.69) is 6.92 Å². The molecule has 11 heteroatoms. The van der Waals surface area contributed by atoms with E-state index in [-0.39, 0.29) is 36.7 Å². The van der Waals surface area contributed by atoms with Crippen LogP contribution in [-0.4, -0.2) is 102 Å². The first-order valence-electron chi connectivity index (χ1n) is 16.4. The summed E-state index contributed by atoms with van der Waals surface area (Å²) in [6.07, 6.45) is -4.81. The van der Waals surface area contributed by atoms with E-state index in [0.717, 1.165) is 11.1 Å². The lowest BCUT2D eigenvalue weighted by molar-refractivity contribution is -0.291. The van der Waals surface area contributed by atoms with E-state index >= 15 is 0 Å². The standard InChI is InChI=1S/C35H52O11/c1-16(2)8-11-24(39)35(7,44)30-21(38)13-32(4)23-10-9-18-17(3)29(46-31-28(43)27(42)26(41)22(15-36)45-31)20(37)12-19(18)34(23,6)25(40)14-33(30,32)5/h8-9,19,21-24,26-28,30-31,36,38-39,41-44H,10-15H2,1-7H3/t19-,21-,22-,23+,24?,26-,27+,28-,30+,31+,32+,33-,34+,35+/m1/s1. The Balaban J connectivity index is 1.49. The molecule has 1 aliphatic heterocycles. The van der Waals surface area contributed by atoms with Crippen LogP contribution in [0.15, 0.2) is 34.6 Å². The van der Waals surface area contributed by atoms with Crippen molar-refractivity contribution in [2.75, 3.05) is 6.61 Å². The smallest absolute Gasteiger partial charge is 0.229 e. The Bertz CT molecular complexity index is 1340. The molecule has 5 rings (SSSR count). The third-order valence-electron chi connectivity index (χ3n) is 12.9. The van der Waals surface area contributed by atoms with Crippen molar-refractivity contribution < 1.29 is 54.8 Å². The summed E-state index contributed by atoms with van der Waals surface area (Å²) in [6, 6.07) is 0. The largest absolute Gasteiger partial charge is 0.458 e. The minimum absolute atomic E-state index is 0.0490. The van der Waals surface area contributed by atoms with Crippen molar-refractivity contribution in [1.82, 2.24) is 0 Å². The molecule has 46 heavy (non-hydrogen) atoms. The molecule has 1 heterocycles. The zero-order valence-corrected chi connectivity index (χ0v) is 27.9. The summed E-state index contributed by atoms with van der Waals surface area (Å²) in [5.41, 5.74) is -1.83. The molecule has 0 aromatic carbocycles. The van der Waals surface area contributed by atoms with Gasteiger partial charge >= 0.3 is 0 Å². The van der Waals surface area contributed by atoms with Gasteiger partial charge in [0.1, 0.15) is 30.2 Å². The topological polar surface area (TPSA) is 194 Å².